The summed E-state index contributed by atoms with van der Waals surface area (Å²) >= 11 is 0. The molecule has 0 amide bonds. The van der Waals surface area contributed by atoms with Crippen LogP contribution in [0.3, 0.4) is 0 Å². The third-order valence-corrected chi connectivity index (χ3v) is 2.49. The zero-order chi connectivity index (χ0) is 12.0. The molecular formula is C10H18N4O2. The van der Waals surface area contributed by atoms with Gasteiger partial charge in [-0.1, -0.05) is 6.92 Å². The summed E-state index contributed by atoms with van der Waals surface area (Å²) in [6, 6.07) is -0.599. The fourth-order valence-electron chi connectivity index (χ4n) is 1.47. The molecule has 1 heterocycles. The van der Waals surface area contributed by atoms with Crippen LogP contribution in [0.1, 0.15) is 19.0 Å². The molecule has 0 aliphatic carbocycles. The molecule has 90 valence electrons. The lowest BCUT2D eigenvalue weighted by atomic mass is 10.1. The van der Waals surface area contributed by atoms with E-state index in [2.05, 4.69) is 15.3 Å². The number of aliphatic carboxylic acids is 1. The van der Waals surface area contributed by atoms with Crippen molar-refractivity contribution in [1.82, 2.24) is 15.3 Å². The maximum absolute atomic E-state index is 11.1. The summed E-state index contributed by atoms with van der Waals surface area (Å²) in [6.07, 6.45) is 4.35. The first-order valence-corrected chi connectivity index (χ1v) is 5.33. The molecule has 0 radical (unpaired) electrons. The van der Waals surface area contributed by atoms with Crippen molar-refractivity contribution < 1.29 is 9.90 Å². The number of aromatic amines is 1. The highest BCUT2D eigenvalue weighted by molar-refractivity contribution is 5.73. The molecule has 0 spiro atoms. The summed E-state index contributed by atoms with van der Waals surface area (Å²) in [6.45, 7) is 2.41. The second-order valence-corrected chi connectivity index (χ2v) is 3.68. The average molecular weight is 226 g/mol. The third-order valence-electron chi connectivity index (χ3n) is 2.49. The number of rotatable bonds is 7. The van der Waals surface area contributed by atoms with Crippen molar-refractivity contribution in [3.8, 4) is 0 Å². The summed E-state index contributed by atoms with van der Waals surface area (Å²) in [7, 11) is 0. The number of aromatic nitrogens is 2. The zero-order valence-corrected chi connectivity index (χ0v) is 9.31. The zero-order valence-electron chi connectivity index (χ0n) is 9.31. The minimum absolute atomic E-state index is 0.0315. The predicted octanol–water partition coefficient (Wildman–Crippen LogP) is -0.268. The van der Waals surface area contributed by atoms with Crippen molar-refractivity contribution >= 4 is 5.97 Å². The molecule has 16 heavy (non-hydrogen) atoms. The van der Waals surface area contributed by atoms with Crippen molar-refractivity contribution in [2.75, 3.05) is 6.54 Å². The van der Waals surface area contributed by atoms with Crippen LogP contribution in [-0.4, -0.2) is 39.7 Å². The molecular weight excluding hydrogens is 208 g/mol. The van der Waals surface area contributed by atoms with Gasteiger partial charge in [0.05, 0.1) is 6.33 Å². The summed E-state index contributed by atoms with van der Waals surface area (Å²) in [4.78, 5) is 17.8. The van der Waals surface area contributed by atoms with Crippen LogP contribution in [0.4, 0.5) is 0 Å². The van der Waals surface area contributed by atoms with Crippen molar-refractivity contribution in [1.29, 1.82) is 0 Å². The highest BCUT2D eigenvalue weighted by atomic mass is 16.4. The highest BCUT2D eigenvalue weighted by Crippen LogP contribution is 2.01. The van der Waals surface area contributed by atoms with Gasteiger partial charge in [0.15, 0.2) is 0 Å². The smallest absolute Gasteiger partial charge is 0.321 e. The molecule has 6 heteroatoms. The molecule has 2 unspecified atom stereocenters. The topological polar surface area (TPSA) is 104 Å². The Balaban J connectivity index is 2.57. The number of nitrogens with one attached hydrogen (secondary N) is 2. The molecule has 1 aromatic rings. The lowest BCUT2D eigenvalue weighted by Crippen LogP contribution is -2.47. The largest absolute Gasteiger partial charge is 0.480 e. The van der Waals surface area contributed by atoms with Gasteiger partial charge in [-0.05, 0) is 6.42 Å². The van der Waals surface area contributed by atoms with Crippen LogP contribution in [0.2, 0.25) is 0 Å². The van der Waals surface area contributed by atoms with Gasteiger partial charge in [0.25, 0.3) is 0 Å². The Kier molecular flexibility index (Phi) is 4.94. The van der Waals surface area contributed by atoms with Gasteiger partial charge < -0.3 is 21.1 Å². The third kappa shape index (κ3) is 3.63. The highest BCUT2D eigenvalue weighted by Gasteiger charge is 2.20. The van der Waals surface area contributed by atoms with Gasteiger partial charge >= 0.3 is 5.97 Å². The number of H-pyrrole nitrogens is 1. The molecule has 1 rings (SSSR count). The van der Waals surface area contributed by atoms with Crippen LogP contribution in [0.5, 0.6) is 0 Å². The number of nitrogens with zero attached hydrogens (tertiary/aromatic N) is 1. The van der Waals surface area contributed by atoms with E-state index in [0.29, 0.717) is 13.0 Å². The number of nitrogens with two attached hydrogens (primary N) is 1. The Bertz CT molecular complexity index is 309. The minimum Gasteiger partial charge on any atom is -0.480 e. The summed E-state index contributed by atoms with van der Waals surface area (Å²) < 4.78 is 0. The summed E-state index contributed by atoms with van der Waals surface area (Å²) in [5, 5.41) is 12.1. The van der Waals surface area contributed by atoms with Gasteiger partial charge in [-0.3, -0.25) is 4.79 Å². The molecule has 0 saturated carbocycles. The first-order chi connectivity index (χ1) is 7.67. The van der Waals surface area contributed by atoms with Gasteiger partial charge in [0.2, 0.25) is 0 Å². The number of hydrogen-bond donors (Lipinski definition) is 4. The van der Waals surface area contributed by atoms with Crippen molar-refractivity contribution in [2.45, 2.75) is 31.8 Å². The molecule has 0 aromatic carbocycles. The van der Waals surface area contributed by atoms with Crippen LogP contribution in [0.15, 0.2) is 12.5 Å². The quantitative estimate of drug-likeness (QED) is 0.512. The monoisotopic (exact) mass is 226 g/mol. The lowest BCUT2D eigenvalue weighted by molar-refractivity contribution is -0.139. The Morgan fingerprint density at radius 1 is 1.75 bits per heavy atom. The standard InChI is InChI=1S/C10H18N4O2/c1-2-7(4-11)14-9(10(15)16)3-8-5-12-6-13-8/h5-7,9,14H,2-4,11H2,1H3,(H,12,13)(H,15,16). The normalized spacial score (nSPS) is 14.6. The van der Waals surface area contributed by atoms with E-state index in [-0.39, 0.29) is 6.04 Å². The predicted molar refractivity (Wildman–Crippen MR) is 60.0 cm³/mol. The fraction of sp³-hybridized carbons (Fsp3) is 0.600. The summed E-state index contributed by atoms with van der Waals surface area (Å²) in [5.41, 5.74) is 6.33. The molecule has 0 bridgehead atoms. The molecule has 6 nitrogen and oxygen atoms in total. The van der Waals surface area contributed by atoms with E-state index in [1.807, 2.05) is 6.92 Å². The minimum atomic E-state index is -0.874. The molecule has 0 aliphatic rings. The Labute approximate surface area is 94.3 Å². The molecule has 5 N–H and O–H groups in total. The van der Waals surface area contributed by atoms with Crippen LogP contribution >= 0.6 is 0 Å². The van der Waals surface area contributed by atoms with Crippen molar-refractivity contribution in [3.63, 3.8) is 0 Å². The van der Waals surface area contributed by atoms with Gasteiger partial charge in [0.1, 0.15) is 6.04 Å². The number of hydrogen-bond acceptors (Lipinski definition) is 4. The number of carbonyl (C=O) groups is 1. The van der Waals surface area contributed by atoms with E-state index >= 15 is 0 Å². The number of carboxylic acids is 1. The second-order valence-electron chi connectivity index (χ2n) is 3.68. The lowest BCUT2D eigenvalue weighted by Gasteiger charge is -2.20. The first kappa shape index (κ1) is 12.7. The van der Waals surface area contributed by atoms with Crippen LogP contribution in [0, 0.1) is 0 Å². The summed E-state index contributed by atoms with van der Waals surface area (Å²) in [5.74, 6) is -0.874. The number of carboxylic acid groups (broad SMARTS) is 1. The van der Waals surface area contributed by atoms with Crippen molar-refractivity contribution in [2.24, 2.45) is 5.73 Å². The Morgan fingerprint density at radius 3 is 2.94 bits per heavy atom. The van der Waals surface area contributed by atoms with Crippen LogP contribution in [-0.2, 0) is 11.2 Å². The average Bonchev–Trinajstić information content (AvgIpc) is 2.76. The van der Waals surface area contributed by atoms with Gasteiger partial charge in [-0.25, -0.2) is 4.98 Å². The Morgan fingerprint density at radius 2 is 2.50 bits per heavy atom. The number of imidazole rings is 1. The van der Waals surface area contributed by atoms with Gasteiger partial charge in [-0.2, -0.15) is 0 Å². The van der Waals surface area contributed by atoms with E-state index in [1.165, 1.54) is 6.33 Å². The van der Waals surface area contributed by atoms with Crippen LogP contribution in [0.25, 0.3) is 0 Å². The van der Waals surface area contributed by atoms with Crippen LogP contribution < -0.4 is 11.1 Å². The molecule has 1 aromatic heterocycles. The van der Waals surface area contributed by atoms with E-state index in [4.69, 9.17) is 10.8 Å². The second kappa shape index (κ2) is 6.24. The van der Waals surface area contributed by atoms with E-state index < -0.39 is 12.0 Å². The van der Waals surface area contributed by atoms with Gasteiger partial charge in [-0.15, -0.1) is 0 Å². The maximum Gasteiger partial charge on any atom is 0.321 e. The molecule has 2 atom stereocenters. The fourth-order valence-corrected chi connectivity index (χ4v) is 1.47. The molecule has 0 fully saturated rings. The molecule has 0 aliphatic heterocycles. The Hall–Kier alpha value is -1.40. The van der Waals surface area contributed by atoms with E-state index in [9.17, 15) is 4.79 Å². The van der Waals surface area contributed by atoms with E-state index in [0.717, 1.165) is 12.1 Å². The first-order valence-electron chi connectivity index (χ1n) is 5.33. The SMILES string of the molecule is CCC(CN)NC(Cc1cnc[nH]1)C(=O)O. The van der Waals surface area contributed by atoms with E-state index in [1.54, 1.807) is 6.20 Å². The van der Waals surface area contributed by atoms with Crippen molar-refractivity contribution in [3.05, 3.63) is 18.2 Å². The van der Waals surface area contributed by atoms with Gasteiger partial charge in [0, 0.05) is 30.9 Å². The molecule has 0 saturated heterocycles. The maximum atomic E-state index is 11.1.